The Hall–Kier alpha value is -1.96. The predicted molar refractivity (Wildman–Crippen MR) is 150 cm³/mol. The van der Waals surface area contributed by atoms with E-state index in [4.69, 9.17) is 0 Å². The molecule has 0 aliphatic rings. The molecule has 2 atom stereocenters. The lowest BCUT2D eigenvalue weighted by Gasteiger charge is -2.15. The highest BCUT2D eigenvalue weighted by molar-refractivity contribution is 5.84. The summed E-state index contributed by atoms with van der Waals surface area (Å²) in [6.07, 6.45) is 18.7. The van der Waals surface area contributed by atoms with E-state index in [1.54, 1.807) is 14.0 Å². The molecule has 4 N–H and O–H groups in total. The third-order valence-corrected chi connectivity index (χ3v) is 6.88. The van der Waals surface area contributed by atoms with E-state index in [0.717, 1.165) is 32.1 Å². The van der Waals surface area contributed by atoms with Crippen LogP contribution in [0.5, 0.6) is 0 Å². The highest BCUT2D eigenvalue weighted by Gasteiger charge is 2.20. The smallest absolute Gasteiger partial charge is 0.326 e. The van der Waals surface area contributed by atoms with E-state index in [1.807, 2.05) is 0 Å². The van der Waals surface area contributed by atoms with E-state index in [-0.39, 0.29) is 36.5 Å². The number of rotatable bonds is 26. The minimum Gasteiger partial charge on any atom is -0.480 e. The number of aliphatic carboxylic acids is 1. The third kappa shape index (κ3) is 21.8. The van der Waals surface area contributed by atoms with E-state index < -0.39 is 12.0 Å². The molecule has 0 aliphatic heterocycles. The number of amides is 2. The number of nitrogens with one attached hydrogen (secondary N) is 3. The van der Waals surface area contributed by atoms with Crippen LogP contribution in [0.25, 0.3) is 0 Å². The zero-order chi connectivity index (χ0) is 27.7. The summed E-state index contributed by atoms with van der Waals surface area (Å²) in [5, 5.41) is 17.7. The third-order valence-electron chi connectivity index (χ3n) is 6.88. The highest BCUT2D eigenvalue weighted by Crippen LogP contribution is 2.13. The number of unbranched alkanes of at least 4 members (excludes halogenated alkanes) is 13. The van der Waals surface area contributed by atoms with Crippen LogP contribution < -0.4 is 16.0 Å². The predicted octanol–water partition coefficient (Wildman–Crippen LogP) is 5.28. The summed E-state index contributed by atoms with van der Waals surface area (Å²) < 4.78 is 0. The number of carbonyl (C=O) groups is 4. The van der Waals surface area contributed by atoms with Gasteiger partial charge in [-0.2, -0.15) is 0 Å². The van der Waals surface area contributed by atoms with Crippen LogP contribution in [0, 0.1) is 0 Å². The molecule has 0 radical (unpaired) electrons. The van der Waals surface area contributed by atoms with Gasteiger partial charge in [0, 0.05) is 19.4 Å². The van der Waals surface area contributed by atoms with Crippen LogP contribution >= 0.6 is 0 Å². The van der Waals surface area contributed by atoms with Gasteiger partial charge in [0.25, 0.3) is 0 Å². The molecule has 0 aromatic heterocycles. The maximum Gasteiger partial charge on any atom is 0.326 e. The average Bonchev–Trinajstić information content (AvgIpc) is 2.86. The molecule has 0 aromatic rings. The molecular formula is C29H55N3O5. The van der Waals surface area contributed by atoms with Crippen LogP contribution in [0.3, 0.4) is 0 Å². The molecule has 0 rings (SSSR count). The molecule has 0 unspecified atom stereocenters. The monoisotopic (exact) mass is 525 g/mol. The summed E-state index contributed by atoms with van der Waals surface area (Å²) in [6.45, 7) is 4.28. The van der Waals surface area contributed by atoms with Gasteiger partial charge in [-0.1, -0.05) is 84.0 Å². The zero-order valence-electron chi connectivity index (χ0n) is 23.9. The maximum absolute atomic E-state index is 12.2. The van der Waals surface area contributed by atoms with Gasteiger partial charge < -0.3 is 21.1 Å². The molecular weight excluding hydrogens is 470 g/mol. The lowest BCUT2D eigenvalue weighted by Crippen LogP contribution is -2.41. The lowest BCUT2D eigenvalue weighted by molar-refractivity contribution is -0.142. The Labute approximate surface area is 225 Å². The first-order valence-electron chi connectivity index (χ1n) is 14.8. The second-order valence-corrected chi connectivity index (χ2v) is 10.3. The van der Waals surface area contributed by atoms with E-state index in [0.29, 0.717) is 19.4 Å². The van der Waals surface area contributed by atoms with Crippen LogP contribution in [0.4, 0.5) is 0 Å². The molecule has 37 heavy (non-hydrogen) atoms. The van der Waals surface area contributed by atoms with Gasteiger partial charge in [-0.15, -0.1) is 0 Å². The zero-order valence-corrected chi connectivity index (χ0v) is 23.9. The first kappa shape index (κ1) is 35.0. The Bertz CT molecular complexity index is 627. The van der Waals surface area contributed by atoms with Crippen molar-refractivity contribution in [3.63, 3.8) is 0 Å². The van der Waals surface area contributed by atoms with Crippen molar-refractivity contribution in [2.75, 3.05) is 13.6 Å². The van der Waals surface area contributed by atoms with Crippen LogP contribution in [0.1, 0.15) is 136 Å². The summed E-state index contributed by atoms with van der Waals surface area (Å²) in [5.74, 6) is -1.51. The molecule has 0 spiro atoms. The van der Waals surface area contributed by atoms with E-state index in [2.05, 4.69) is 22.9 Å². The van der Waals surface area contributed by atoms with Crippen molar-refractivity contribution in [3.8, 4) is 0 Å². The topological polar surface area (TPSA) is 125 Å². The summed E-state index contributed by atoms with van der Waals surface area (Å²) in [7, 11) is 1.75. The van der Waals surface area contributed by atoms with Crippen molar-refractivity contribution in [1.29, 1.82) is 0 Å². The number of carboxylic acids is 1. The standard InChI is InChI=1S/C29H55N3O5/c1-4-5-6-7-8-9-10-11-12-13-14-15-16-20-28(35)32-26(29(36)37)21-22-27(34)31-23-18-17-19-25(30-3)24(2)33/h25-26,30H,4-23H2,1-3H3,(H,31,34)(H,32,35)(H,36,37)/t25-,26-/m0/s1. The van der Waals surface area contributed by atoms with Gasteiger partial charge >= 0.3 is 5.97 Å². The number of hydrogen-bond donors (Lipinski definition) is 4. The first-order valence-corrected chi connectivity index (χ1v) is 14.8. The van der Waals surface area contributed by atoms with Gasteiger partial charge in [-0.25, -0.2) is 4.79 Å². The molecule has 0 aliphatic carbocycles. The maximum atomic E-state index is 12.2. The normalized spacial score (nSPS) is 12.6. The Morgan fingerprint density at radius 1 is 0.649 bits per heavy atom. The number of Topliss-reactive ketones (excluding diaryl/α,β-unsaturated/α-hetero) is 1. The summed E-state index contributed by atoms with van der Waals surface area (Å²) in [4.78, 5) is 47.1. The SMILES string of the molecule is CCCCCCCCCCCCCCCC(=O)N[C@@H](CCC(=O)NCCCC[C@H](NC)C(C)=O)C(=O)O. The van der Waals surface area contributed by atoms with Gasteiger partial charge in [0.1, 0.15) is 11.8 Å². The largest absolute Gasteiger partial charge is 0.480 e. The van der Waals surface area contributed by atoms with Gasteiger partial charge in [0.05, 0.1) is 6.04 Å². The molecule has 0 fully saturated rings. The number of ketones is 1. The molecule has 8 heteroatoms. The Kier molecular flexibility index (Phi) is 23.1. The lowest BCUT2D eigenvalue weighted by atomic mass is 10.0. The quantitative estimate of drug-likeness (QED) is 0.114. The number of carboxylic acid groups (broad SMARTS) is 1. The number of hydrogen-bond acceptors (Lipinski definition) is 5. The summed E-state index contributed by atoms with van der Waals surface area (Å²) >= 11 is 0. The van der Waals surface area contributed by atoms with Crippen molar-refractivity contribution >= 4 is 23.6 Å². The number of likely N-dealkylation sites (N-methyl/N-ethyl adjacent to an activating group) is 1. The van der Waals surface area contributed by atoms with Crippen molar-refractivity contribution in [2.24, 2.45) is 0 Å². The fourth-order valence-electron chi connectivity index (χ4n) is 4.44. The molecule has 0 bridgehead atoms. The van der Waals surface area contributed by atoms with Gasteiger partial charge in [-0.05, 0) is 46.1 Å². The van der Waals surface area contributed by atoms with Crippen LogP contribution in [0.15, 0.2) is 0 Å². The van der Waals surface area contributed by atoms with Gasteiger partial charge in [0.15, 0.2) is 0 Å². The van der Waals surface area contributed by atoms with Crippen molar-refractivity contribution in [2.45, 2.75) is 148 Å². The Morgan fingerprint density at radius 2 is 1.19 bits per heavy atom. The van der Waals surface area contributed by atoms with Gasteiger partial charge in [0.2, 0.25) is 11.8 Å². The van der Waals surface area contributed by atoms with Crippen molar-refractivity contribution < 1.29 is 24.3 Å². The number of carbonyl (C=O) groups excluding carboxylic acids is 3. The van der Waals surface area contributed by atoms with Crippen LogP contribution in [0.2, 0.25) is 0 Å². The molecule has 0 saturated carbocycles. The minimum atomic E-state index is -1.12. The molecule has 8 nitrogen and oxygen atoms in total. The van der Waals surface area contributed by atoms with E-state index >= 15 is 0 Å². The van der Waals surface area contributed by atoms with Crippen molar-refractivity contribution in [1.82, 2.24) is 16.0 Å². The van der Waals surface area contributed by atoms with Crippen LogP contribution in [-0.2, 0) is 19.2 Å². The van der Waals surface area contributed by atoms with Crippen LogP contribution in [-0.4, -0.2) is 54.3 Å². The van der Waals surface area contributed by atoms with E-state index in [1.165, 1.54) is 64.2 Å². The molecule has 0 saturated heterocycles. The molecule has 0 heterocycles. The fourth-order valence-corrected chi connectivity index (χ4v) is 4.44. The van der Waals surface area contributed by atoms with Gasteiger partial charge in [-0.3, -0.25) is 14.4 Å². The fraction of sp³-hybridized carbons (Fsp3) is 0.862. The highest BCUT2D eigenvalue weighted by atomic mass is 16.4. The molecule has 216 valence electrons. The second kappa shape index (κ2) is 24.4. The van der Waals surface area contributed by atoms with E-state index in [9.17, 15) is 24.3 Å². The molecule has 2 amide bonds. The summed E-state index contributed by atoms with van der Waals surface area (Å²) in [6, 6.07) is -1.21. The Morgan fingerprint density at radius 3 is 1.68 bits per heavy atom. The second-order valence-electron chi connectivity index (χ2n) is 10.3. The van der Waals surface area contributed by atoms with Crippen molar-refractivity contribution in [3.05, 3.63) is 0 Å². The molecule has 0 aromatic carbocycles. The first-order chi connectivity index (χ1) is 17.8. The minimum absolute atomic E-state index is 0.0442. The summed E-state index contributed by atoms with van der Waals surface area (Å²) in [5.41, 5.74) is 0. The average molecular weight is 526 g/mol. The Balaban J connectivity index is 3.82.